The molecule has 1 aliphatic heterocycles. The molecule has 12 heteroatoms. The minimum absolute atomic E-state index is 0.0418. The molecule has 0 spiro atoms. The zero-order valence-electron chi connectivity index (χ0n) is 20.0. The van der Waals surface area contributed by atoms with Gasteiger partial charge in [0.1, 0.15) is 18.2 Å². The van der Waals surface area contributed by atoms with Crippen LogP contribution in [-0.4, -0.2) is 50.6 Å². The van der Waals surface area contributed by atoms with Gasteiger partial charge in [0, 0.05) is 24.0 Å². The summed E-state index contributed by atoms with van der Waals surface area (Å²) in [5, 5.41) is 2.76. The molecule has 190 valence electrons. The summed E-state index contributed by atoms with van der Waals surface area (Å²) in [7, 11) is -4.00. The Morgan fingerprint density at radius 1 is 1.11 bits per heavy atom. The van der Waals surface area contributed by atoms with Crippen LogP contribution in [0.5, 0.6) is 0 Å². The van der Waals surface area contributed by atoms with Crippen molar-refractivity contribution in [3.05, 3.63) is 66.4 Å². The van der Waals surface area contributed by atoms with Gasteiger partial charge in [-0.1, -0.05) is 0 Å². The second kappa shape index (κ2) is 9.94. The van der Waals surface area contributed by atoms with Crippen LogP contribution in [0.4, 0.5) is 8.78 Å². The zero-order chi connectivity index (χ0) is 26.1. The summed E-state index contributed by atoms with van der Waals surface area (Å²) in [5.74, 6) is -0.947. The van der Waals surface area contributed by atoms with Gasteiger partial charge in [-0.2, -0.15) is 4.31 Å². The summed E-state index contributed by atoms with van der Waals surface area (Å²) in [4.78, 5) is 29.4. The second-order valence-electron chi connectivity index (χ2n) is 9.11. The van der Waals surface area contributed by atoms with Gasteiger partial charge in [0.2, 0.25) is 15.9 Å². The molecule has 1 saturated heterocycles. The maximum absolute atomic E-state index is 14.0. The Balaban J connectivity index is 1.47. The van der Waals surface area contributed by atoms with Gasteiger partial charge < -0.3 is 5.32 Å². The zero-order valence-corrected chi connectivity index (χ0v) is 20.8. The highest BCUT2D eigenvalue weighted by Crippen LogP contribution is 2.31. The molecule has 1 fully saturated rings. The number of aromatic nitrogens is 4. The first-order valence-corrected chi connectivity index (χ1v) is 12.8. The third kappa shape index (κ3) is 5.39. The van der Waals surface area contributed by atoms with Gasteiger partial charge in [-0.15, -0.1) is 0 Å². The molecular formula is C24H26F2N6O3S. The van der Waals surface area contributed by atoms with Gasteiger partial charge in [-0.05, 0) is 63.9 Å². The van der Waals surface area contributed by atoms with Crippen LogP contribution in [0.3, 0.4) is 0 Å². The molecule has 2 aromatic heterocycles. The smallest absolute Gasteiger partial charge is 0.244 e. The number of rotatable bonds is 7. The van der Waals surface area contributed by atoms with E-state index < -0.39 is 39.5 Å². The third-order valence-electron chi connectivity index (χ3n) is 5.94. The fraction of sp³-hybridized carbons (Fsp3) is 0.375. The largest absolute Gasteiger partial charge is 0.349 e. The molecule has 3 heterocycles. The van der Waals surface area contributed by atoms with Crippen molar-refractivity contribution in [2.75, 3.05) is 0 Å². The maximum Gasteiger partial charge on any atom is 0.244 e. The number of hydrogen-bond donors (Lipinski definition) is 1. The highest BCUT2D eigenvalue weighted by molar-refractivity contribution is 7.89. The molecular weight excluding hydrogens is 490 g/mol. The molecule has 0 saturated carbocycles. The fourth-order valence-corrected chi connectivity index (χ4v) is 5.89. The van der Waals surface area contributed by atoms with E-state index in [1.54, 1.807) is 13.0 Å². The number of hydrogen-bond acceptors (Lipinski definition) is 7. The Bertz CT molecular complexity index is 1350. The van der Waals surface area contributed by atoms with Crippen LogP contribution in [0.15, 0.2) is 53.9 Å². The lowest BCUT2D eigenvalue weighted by molar-refractivity contribution is -0.124. The minimum atomic E-state index is -4.00. The molecule has 2 atom stereocenters. The van der Waals surface area contributed by atoms with Crippen molar-refractivity contribution in [3.8, 4) is 11.3 Å². The molecule has 0 unspecified atom stereocenters. The summed E-state index contributed by atoms with van der Waals surface area (Å²) in [5.41, 5.74) is -0.135. The van der Waals surface area contributed by atoms with Crippen LogP contribution in [0, 0.1) is 5.82 Å². The van der Waals surface area contributed by atoms with E-state index in [-0.39, 0.29) is 17.3 Å². The van der Waals surface area contributed by atoms with Gasteiger partial charge in [0.25, 0.3) is 0 Å². The van der Waals surface area contributed by atoms with Crippen molar-refractivity contribution >= 4 is 15.9 Å². The van der Waals surface area contributed by atoms with Gasteiger partial charge in [-0.3, -0.25) is 4.79 Å². The SMILES string of the molecule is C[C@H]1CC[C@@H](C(=O)NCc2cc(-c3cnc(C(C)(C)F)nc3)ncn2)N1S(=O)(=O)c1ccc(F)cc1. The predicted molar refractivity (Wildman–Crippen MR) is 127 cm³/mol. The normalized spacial score (nSPS) is 18.8. The summed E-state index contributed by atoms with van der Waals surface area (Å²) in [6.45, 7) is 4.51. The maximum atomic E-state index is 14.0. The number of nitrogens with one attached hydrogen (secondary N) is 1. The average molecular weight is 517 g/mol. The standard InChI is InChI=1S/C24H26F2N6O3S/c1-15-4-9-21(32(15)36(34,35)19-7-5-17(25)6-8-19)22(33)27-13-18-10-20(31-14-30-18)16-11-28-23(29-12-16)24(2,3)26/h5-8,10-12,14-15,21H,4,9,13H2,1-3H3,(H,27,33)/t15-,21-/m0/s1. The molecule has 4 rings (SSSR count). The average Bonchev–Trinajstić information content (AvgIpc) is 3.25. The van der Waals surface area contributed by atoms with Crippen LogP contribution >= 0.6 is 0 Å². The molecule has 1 aromatic carbocycles. The first kappa shape index (κ1) is 25.7. The quantitative estimate of drug-likeness (QED) is 0.513. The van der Waals surface area contributed by atoms with E-state index in [1.165, 1.54) is 49.0 Å². The number of benzene rings is 1. The summed E-state index contributed by atoms with van der Waals surface area (Å²) >= 11 is 0. The van der Waals surface area contributed by atoms with E-state index in [2.05, 4.69) is 25.3 Å². The summed E-state index contributed by atoms with van der Waals surface area (Å²) < 4.78 is 54.9. The van der Waals surface area contributed by atoms with E-state index in [0.717, 1.165) is 12.1 Å². The van der Waals surface area contributed by atoms with Crippen molar-refractivity contribution < 1.29 is 22.0 Å². The van der Waals surface area contributed by atoms with E-state index >= 15 is 0 Å². The second-order valence-corrected chi connectivity index (χ2v) is 11.0. The number of carbonyl (C=O) groups is 1. The first-order valence-electron chi connectivity index (χ1n) is 11.4. The number of carbonyl (C=O) groups excluding carboxylic acids is 1. The highest BCUT2D eigenvalue weighted by Gasteiger charge is 2.43. The summed E-state index contributed by atoms with van der Waals surface area (Å²) in [6.07, 6.45) is 5.13. The molecule has 0 aliphatic carbocycles. The molecule has 1 N–H and O–H groups in total. The van der Waals surface area contributed by atoms with E-state index in [0.29, 0.717) is 29.8 Å². The molecule has 9 nitrogen and oxygen atoms in total. The molecule has 1 amide bonds. The lowest BCUT2D eigenvalue weighted by Crippen LogP contribution is -2.48. The van der Waals surface area contributed by atoms with Crippen LogP contribution in [0.1, 0.15) is 45.1 Å². The Labute approximate surface area is 208 Å². The van der Waals surface area contributed by atoms with E-state index in [1.807, 2.05) is 0 Å². The summed E-state index contributed by atoms with van der Waals surface area (Å²) in [6, 6.07) is 4.89. The van der Waals surface area contributed by atoms with Crippen molar-refractivity contribution in [3.63, 3.8) is 0 Å². The number of sulfonamides is 1. The lowest BCUT2D eigenvalue weighted by Gasteiger charge is -2.27. The predicted octanol–water partition coefficient (Wildman–Crippen LogP) is 3.14. The first-order chi connectivity index (χ1) is 17.0. The monoisotopic (exact) mass is 516 g/mol. The van der Waals surface area contributed by atoms with Crippen LogP contribution in [-0.2, 0) is 27.0 Å². The molecule has 36 heavy (non-hydrogen) atoms. The van der Waals surface area contributed by atoms with E-state index in [4.69, 9.17) is 0 Å². The number of alkyl halides is 1. The Morgan fingerprint density at radius 3 is 2.42 bits per heavy atom. The minimum Gasteiger partial charge on any atom is -0.349 e. The highest BCUT2D eigenvalue weighted by atomic mass is 32.2. The van der Waals surface area contributed by atoms with Gasteiger partial charge in [0.15, 0.2) is 11.5 Å². The Hall–Kier alpha value is -3.38. The van der Waals surface area contributed by atoms with Crippen LogP contribution in [0.25, 0.3) is 11.3 Å². The topological polar surface area (TPSA) is 118 Å². The third-order valence-corrected chi connectivity index (χ3v) is 7.98. The number of amides is 1. The van der Waals surface area contributed by atoms with Crippen molar-refractivity contribution in [1.29, 1.82) is 0 Å². The molecule has 1 aliphatic rings. The van der Waals surface area contributed by atoms with Crippen molar-refractivity contribution in [1.82, 2.24) is 29.6 Å². The van der Waals surface area contributed by atoms with Gasteiger partial charge in [0.05, 0.1) is 22.8 Å². The number of halogens is 2. The molecule has 3 aromatic rings. The van der Waals surface area contributed by atoms with Gasteiger partial charge in [-0.25, -0.2) is 37.1 Å². The van der Waals surface area contributed by atoms with Crippen molar-refractivity contribution in [2.24, 2.45) is 0 Å². The van der Waals surface area contributed by atoms with Crippen molar-refractivity contribution in [2.45, 2.75) is 62.8 Å². The van der Waals surface area contributed by atoms with Gasteiger partial charge >= 0.3 is 0 Å². The van der Waals surface area contributed by atoms with Crippen LogP contribution < -0.4 is 5.32 Å². The molecule has 0 radical (unpaired) electrons. The van der Waals surface area contributed by atoms with E-state index in [9.17, 15) is 22.0 Å². The lowest BCUT2D eigenvalue weighted by atomic mass is 10.1. The Kier molecular flexibility index (Phi) is 7.10. The Morgan fingerprint density at radius 2 is 1.78 bits per heavy atom. The van der Waals surface area contributed by atoms with Crippen LogP contribution in [0.2, 0.25) is 0 Å². The fourth-order valence-electron chi connectivity index (χ4n) is 4.05. The number of nitrogens with zero attached hydrogens (tertiary/aromatic N) is 5. The molecule has 0 bridgehead atoms.